The molecule has 138 valence electrons. The van der Waals surface area contributed by atoms with Gasteiger partial charge in [-0.05, 0) is 49.7 Å². The summed E-state index contributed by atoms with van der Waals surface area (Å²) in [5.74, 6) is 0.813. The van der Waals surface area contributed by atoms with Gasteiger partial charge in [0.05, 0.1) is 0 Å². The number of fused-ring (bicyclic) bond motifs is 2. The summed E-state index contributed by atoms with van der Waals surface area (Å²) in [6.45, 7) is 5.88. The highest BCUT2D eigenvalue weighted by molar-refractivity contribution is 5.94. The molecule has 4 heteroatoms. The molecule has 3 aromatic rings. The van der Waals surface area contributed by atoms with Crippen LogP contribution in [0.15, 0.2) is 54.9 Å². The van der Waals surface area contributed by atoms with Gasteiger partial charge >= 0.3 is 0 Å². The van der Waals surface area contributed by atoms with E-state index in [4.69, 9.17) is 9.97 Å². The normalized spacial score (nSPS) is 21.3. The van der Waals surface area contributed by atoms with Crippen LogP contribution in [0.5, 0.6) is 0 Å². The van der Waals surface area contributed by atoms with Gasteiger partial charge in [0, 0.05) is 42.7 Å². The van der Waals surface area contributed by atoms with Gasteiger partial charge in [0.1, 0.15) is 0 Å². The molecule has 0 unspecified atom stereocenters. The van der Waals surface area contributed by atoms with Crippen LogP contribution in [0.25, 0.3) is 22.2 Å². The summed E-state index contributed by atoms with van der Waals surface area (Å²) in [6.07, 6.45) is 8.02. The molecule has 0 aliphatic carbocycles. The summed E-state index contributed by atoms with van der Waals surface area (Å²) < 4.78 is 0. The SMILES string of the molecule is c1ccc2c(-c3ncc(CN4CCCN5CCC[C@H]5C4)cn3)cccc2c1. The monoisotopic (exact) mass is 358 g/mol. The van der Waals surface area contributed by atoms with Gasteiger partial charge in [-0.3, -0.25) is 9.80 Å². The lowest BCUT2D eigenvalue weighted by Gasteiger charge is -2.25. The van der Waals surface area contributed by atoms with Crippen LogP contribution in [0.1, 0.15) is 24.8 Å². The fourth-order valence-electron chi connectivity index (χ4n) is 4.68. The Morgan fingerprint density at radius 3 is 2.63 bits per heavy atom. The van der Waals surface area contributed by atoms with Crippen molar-refractivity contribution in [2.75, 3.05) is 26.2 Å². The van der Waals surface area contributed by atoms with Crippen molar-refractivity contribution in [3.05, 3.63) is 60.4 Å². The molecule has 2 aliphatic rings. The highest BCUT2D eigenvalue weighted by Gasteiger charge is 2.28. The third-order valence-electron chi connectivity index (χ3n) is 6.03. The Labute approximate surface area is 160 Å². The summed E-state index contributed by atoms with van der Waals surface area (Å²) >= 11 is 0. The Kier molecular flexibility index (Phi) is 4.60. The van der Waals surface area contributed by atoms with Crippen molar-refractivity contribution in [1.82, 2.24) is 19.8 Å². The Bertz CT molecular complexity index is 916. The van der Waals surface area contributed by atoms with Crippen molar-refractivity contribution in [2.45, 2.75) is 31.8 Å². The minimum absolute atomic E-state index is 0.753. The molecular formula is C23H26N4. The van der Waals surface area contributed by atoms with Crippen molar-refractivity contribution in [1.29, 1.82) is 0 Å². The van der Waals surface area contributed by atoms with E-state index in [2.05, 4.69) is 52.3 Å². The number of hydrogen-bond donors (Lipinski definition) is 0. The van der Waals surface area contributed by atoms with Gasteiger partial charge in [-0.1, -0.05) is 42.5 Å². The Hall–Kier alpha value is -2.30. The highest BCUT2D eigenvalue weighted by Crippen LogP contribution is 2.26. The van der Waals surface area contributed by atoms with Crippen LogP contribution in [-0.2, 0) is 6.54 Å². The molecule has 0 bridgehead atoms. The largest absolute Gasteiger partial charge is 0.299 e. The zero-order valence-electron chi connectivity index (χ0n) is 15.7. The Morgan fingerprint density at radius 1 is 0.889 bits per heavy atom. The first-order chi connectivity index (χ1) is 13.4. The average Bonchev–Trinajstić information content (AvgIpc) is 3.06. The molecule has 4 nitrogen and oxygen atoms in total. The van der Waals surface area contributed by atoms with Gasteiger partial charge in [0.2, 0.25) is 0 Å². The number of rotatable bonds is 3. The summed E-state index contributed by atoms with van der Waals surface area (Å²) in [6, 6.07) is 15.5. The second kappa shape index (κ2) is 7.37. The second-order valence-corrected chi connectivity index (χ2v) is 7.86. The molecule has 2 aromatic carbocycles. The van der Waals surface area contributed by atoms with Crippen LogP contribution < -0.4 is 0 Å². The lowest BCUT2D eigenvalue weighted by Crippen LogP contribution is -2.36. The standard InChI is InChI=1S/C23H26N4/c1-2-9-21-19(6-1)7-3-10-22(21)23-24-14-18(15-25-23)16-26-11-5-13-27-12-4-8-20(27)17-26/h1-3,6-7,9-10,14-15,20H,4-5,8,11-13,16-17H2/t20-/m0/s1. The van der Waals surface area contributed by atoms with Crippen LogP contribution in [0.4, 0.5) is 0 Å². The van der Waals surface area contributed by atoms with Crippen LogP contribution >= 0.6 is 0 Å². The van der Waals surface area contributed by atoms with E-state index in [1.807, 2.05) is 12.4 Å². The van der Waals surface area contributed by atoms with Crippen molar-refractivity contribution < 1.29 is 0 Å². The van der Waals surface area contributed by atoms with E-state index >= 15 is 0 Å². The lowest BCUT2D eigenvalue weighted by atomic mass is 10.0. The molecule has 27 heavy (non-hydrogen) atoms. The van der Waals surface area contributed by atoms with Crippen molar-refractivity contribution in [3.8, 4) is 11.4 Å². The summed E-state index contributed by atoms with van der Waals surface area (Å²) in [5.41, 5.74) is 2.32. The van der Waals surface area contributed by atoms with Gasteiger partial charge < -0.3 is 0 Å². The third-order valence-corrected chi connectivity index (χ3v) is 6.03. The van der Waals surface area contributed by atoms with E-state index in [9.17, 15) is 0 Å². The molecule has 0 saturated carbocycles. The molecule has 1 atom stereocenters. The van der Waals surface area contributed by atoms with E-state index in [-0.39, 0.29) is 0 Å². The zero-order chi connectivity index (χ0) is 18.1. The maximum Gasteiger partial charge on any atom is 0.159 e. The lowest BCUT2D eigenvalue weighted by molar-refractivity contribution is 0.215. The van der Waals surface area contributed by atoms with Crippen molar-refractivity contribution >= 4 is 10.8 Å². The Morgan fingerprint density at radius 2 is 1.70 bits per heavy atom. The van der Waals surface area contributed by atoms with E-state index in [1.165, 1.54) is 61.8 Å². The topological polar surface area (TPSA) is 32.3 Å². The van der Waals surface area contributed by atoms with Crippen LogP contribution in [0.3, 0.4) is 0 Å². The van der Waals surface area contributed by atoms with Gasteiger partial charge in [0.15, 0.2) is 5.82 Å². The molecule has 0 radical (unpaired) electrons. The number of hydrogen-bond acceptors (Lipinski definition) is 4. The third kappa shape index (κ3) is 3.47. The fraction of sp³-hybridized carbons (Fsp3) is 0.391. The van der Waals surface area contributed by atoms with Gasteiger partial charge in [0.25, 0.3) is 0 Å². The van der Waals surface area contributed by atoms with E-state index in [0.717, 1.165) is 24.0 Å². The first-order valence-electron chi connectivity index (χ1n) is 10.1. The molecule has 0 amide bonds. The smallest absolute Gasteiger partial charge is 0.159 e. The van der Waals surface area contributed by atoms with E-state index in [0.29, 0.717) is 0 Å². The predicted octanol–water partition coefficient (Wildman–Crippen LogP) is 3.97. The van der Waals surface area contributed by atoms with Crippen LogP contribution in [0, 0.1) is 0 Å². The molecule has 2 saturated heterocycles. The maximum atomic E-state index is 4.71. The molecule has 5 rings (SSSR count). The number of nitrogens with zero attached hydrogens (tertiary/aromatic N) is 4. The van der Waals surface area contributed by atoms with E-state index in [1.54, 1.807) is 0 Å². The average molecular weight is 358 g/mol. The predicted molar refractivity (Wildman–Crippen MR) is 109 cm³/mol. The first kappa shape index (κ1) is 16.8. The number of aromatic nitrogens is 2. The van der Waals surface area contributed by atoms with Gasteiger partial charge in [-0.2, -0.15) is 0 Å². The summed E-state index contributed by atoms with van der Waals surface area (Å²) in [5, 5.41) is 2.44. The molecular weight excluding hydrogens is 332 g/mol. The van der Waals surface area contributed by atoms with Crippen LogP contribution in [-0.4, -0.2) is 52.0 Å². The molecule has 0 spiro atoms. The minimum Gasteiger partial charge on any atom is -0.299 e. The summed E-state index contributed by atoms with van der Waals surface area (Å²) in [4.78, 5) is 14.7. The molecule has 2 fully saturated rings. The number of benzene rings is 2. The first-order valence-corrected chi connectivity index (χ1v) is 10.1. The fourth-order valence-corrected chi connectivity index (χ4v) is 4.68. The van der Waals surface area contributed by atoms with Gasteiger partial charge in [-0.15, -0.1) is 0 Å². The zero-order valence-corrected chi connectivity index (χ0v) is 15.7. The maximum absolute atomic E-state index is 4.71. The van der Waals surface area contributed by atoms with E-state index < -0.39 is 0 Å². The molecule has 2 aliphatic heterocycles. The molecule has 3 heterocycles. The van der Waals surface area contributed by atoms with Crippen LogP contribution in [0.2, 0.25) is 0 Å². The minimum atomic E-state index is 0.753. The van der Waals surface area contributed by atoms with Gasteiger partial charge in [-0.25, -0.2) is 9.97 Å². The molecule has 1 aromatic heterocycles. The second-order valence-electron chi connectivity index (χ2n) is 7.86. The highest BCUT2D eigenvalue weighted by atomic mass is 15.3. The molecule has 0 N–H and O–H groups in total. The quantitative estimate of drug-likeness (QED) is 0.709. The van der Waals surface area contributed by atoms with Crippen molar-refractivity contribution in [3.63, 3.8) is 0 Å². The van der Waals surface area contributed by atoms with Crippen molar-refractivity contribution in [2.24, 2.45) is 0 Å². The Balaban J connectivity index is 1.34. The summed E-state index contributed by atoms with van der Waals surface area (Å²) in [7, 11) is 0.